The molecule has 0 saturated heterocycles. The van der Waals surface area contributed by atoms with Gasteiger partial charge in [-0.1, -0.05) is 48.7 Å². The van der Waals surface area contributed by atoms with Gasteiger partial charge in [0, 0.05) is 9.79 Å². The molecule has 21 heavy (non-hydrogen) atoms. The molecule has 0 fully saturated rings. The zero-order chi connectivity index (χ0) is 14.9. The van der Waals surface area contributed by atoms with E-state index in [9.17, 15) is 4.79 Å². The molecule has 0 aromatic heterocycles. The van der Waals surface area contributed by atoms with E-state index < -0.39 is 0 Å². The van der Waals surface area contributed by atoms with Crippen molar-refractivity contribution < 1.29 is 10.1 Å². The van der Waals surface area contributed by atoms with E-state index in [1.807, 2.05) is 47.8 Å². The number of hydrogen-bond acceptors (Lipinski definition) is 2. The summed E-state index contributed by atoms with van der Waals surface area (Å²) in [6.07, 6.45) is 1.78. The number of carbonyl (C=O) groups is 1. The van der Waals surface area contributed by atoms with E-state index in [0.717, 1.165) is 22.0 Å². The summed E-state index contributed by atoms with van der Waals surface area (Å²) < 4.78 is 0. The molecule has 2 aromatic carbocycles. The first-order valence-electron chi connectivity index (χ1n) is 6.84. The largest absolute Gasteiger partial charge is 0.335 e. The first kappa shape index (κ1) is 15.4. The van der Waals surface area contributed by atoms with Gasteiger partial charge in [-0.2, -0.15) is 0 Å². The maximum absolute atomic E-state index is 11.9. The van der Waals surface area contributed by atoms with Crippen molar-refractivity contribution in [3.63, 3.8) is 0 Å². The van der Waals surface area contributed by atoms with Crippen molar-refractivity contribution in [2.45, 2.75) is 9.79 Å². The molecule has 0 heterocycles. The molecule has 0 bridgehead atoms. The summed E-state index contributed by atoms with van der Waals surface area (Å²) in [6.45, 7) is 4.78. The molecule has 0 atom stereocenters. The fraction of sp³-hybridized carbons (Fsp3) is 0.118. The van der Waals surface area contributed by atoms with Crippen molar-refractivity contribution in [3.05, 3.63) is 67.3 Å². The molecule has 0 saturated carbocycles. The maximum Gasteiger partial charge on any atom is 0.279 e. The summed E-state index contributed by atoms with van der Waals surface area (Å²) in [7, 11) is 0. The zero-order valence-electron chi connectivity index (χ0n) is 11.8. The third-order valence-electron chi connectivity index (χ3n) is 2.80. The highest BCUT2D eigenvalue weighted by molar-refractivity contribution is 7.99. The van der Waals surface area contributed by atoms with Crippen molar-refractivity contribution in [1.29, 1.82) is 0 Å². The van der Waals surface area contributed by atoms with Gasteiger partial charge >= 0.3 is 0 Å². The summed E-state index contributed by atoms with van der Waals surface area (Å²) in [4.78, 5) is 14.1. The standard InChI is InChI=1S/C17H18N2OS/c1-2-12-18-13-17(20)19-15-10-6-7-11-16(15)21-14-8-4-3-5-9-14/h2-11,18H,1,12-13H2,(H,19,20)/p+1. The molecule has 3 N–H and O–H groups in total. The fourth-order valence-corrected chi connectivity index (χ4v) is 2.73. The lowest BCUT2D eigenvalue weighted by atomic mass is 10.3. The highest BCUT2D eigenvalue weighted by Gasteiger charge is 2.08. The molecule has 1 amide bonds. The van der Waals surface area contributed by atoms with Gasteiger partial charge in [-0.3, -0.25) is 4.79 Å². The number of nitrogens with one attached hydrogen (secondary N) is 1. The van der Waals surface area contributed by atoms with Crippen LogP contribution < -0.4 is 10.6 Å². The second-order valence-electron chi connectivity index (χ2n) is 4.48. The lowest BCUT2D eigenvalue weighted by molar-refractivity contribution is -0.634. The quantitative estimate of drug-likeness (QED) is 0.609. The Balaban J connectivity index is 2.03. The molecule has 0 spiro atoms. The molecular formula is C17H19N2OS+. The van der Waals surface area contributed by atoms with Crippen molar-refractivity contribution >= 4 is 23.4 Å². The van der Waals surface area contributed by atoms with Crippen LogP contribution in [0.15, 0.2) is 77.0 Å². The van der Waals surface area contributed by atoms with Crippen molar-refractivity contribution in [2.24, 2.45) is 0 Å². The number of anilines is 1. The minimum absolute atomic E-state index is 0.00189. The predicted molar refractivity (Wildman–Crippen MR) is 87.5 cm³/mol. The number of para-hydroxylation sites is 1. The Kier molecular flexibility index (Phi) is 6.06. The van der Waals surface area contributed by atoms with Crippen LogP contribution in [-0.4, -0.2) is 19.0 Å². The Morgan fingerprint density at radius 3 is 2.62 bits per heavy atom. The molecule has 0 aliphatic heterocycles. The van der Waals surface area contributed by atoms with Gasteiger partial charge in [0.2, 0.25) is 0 Å². The Morgan fingerprint density at radius 1 is 1.14 bits per heavy atom. The van der Waals surface area contributed by atoms with Gasteiger partial charge in [0.25, 0.3) is 5.91 Å². The summed E-state index contributed by atoms with van der Waals surface area (Å²) in [5.74, 6) is -0.00189. The second-order valence-corrected chi connectivity index (χ2v) is 5.59. The number of quaternary nitrogens is 1. The maximum atomic E-state index is 11.9. The zero-order valence-corrected chi connectivity index (χ0v) is 12.6. The predicted octanol–water partition coefficient (Wildman–Crippen LogP) is 2.53. The molecule has 3 nitrogen and oxygen atoms in total. The van der Waals surface area contributed by atoms with Crippen LogP contribution in [0.2, 0.25) is 0 Å². The smallest absolute Gasteiger partial charge is 0.279 e. The van der Waals surface area contributed by atoms with E-state index in [1.165, 1.54) is 0 Å². The molecule has 0 radical (unpaired) electrons. The first-order chi connectivity index (χ1) is 10.3. The molecule has 108 valence electrons. The van der Waals surface area contributed by atoms with Gasteiger partial charge in [-0.05, 0) is 30.3 Å². The van der Waals surface area contributed by atoms with Gasteiger partial charge in [-0.25, -0.2) is 0 Å². The average molecular weight is 299 g/mol. The summed E-state index contributed by atoms with van der Waals surface area (Å²) in [5.41, 5.74) is 0.850. The van der Waals surface area contributed by atoms with Crippen LogP contribution in [-0.2, 0) is 4.79 Å². The topological polar surface area (TPSA) is 45.7 Å². The van der Waals surface area contributed by atoms with Crippen LogP contribution in [0.4, 0.5) is 5.69 Å². The third kappa shape index (κ3) is 5.10. The van der Waals surface area contributed by atoms with E-state index in [-0.39, 0.29) is 5.91 Å². The van der Waals surface area contributed by atoms with E-state index in [4.69, 9.17) is 0 Å². The van der Waals surface area contributed by atoms with E-state index >= 15 is 0 Å². The molecule has 2 aromatic rings. The number of amides is 1. The monoisotopic (exact) mass is 299 g/mol. The minimum Gasteiger partial charge on any atom is -0.335 e. The number of carbonyl (C=O) groups excluding carboxylic acids is 1. The Hall–Kier alpha value is -2.04. The first-order valence-corrected chi connectivity index (χ1v) is 7.65. The molecule has 4 heteroatoms. The second kappa shape index (κ2) is 8.29. The van der Waals surface area contributed by atoms with Crippen LogP contribution in [0.25, 0.3) is 0 Å². The minimum atomic E-state index is -0.00189. The van der Waals surface area contributed by atoms with E-state index in [2.05, 4.69) is 24.0 Å². The van der Waals surface area contributed by atoms with Crippen LogP contribution in [0.3, 0.4) is 0 Å². The third-order valence-corrected chi connectivity index (χ3v) is 3.88. The van der Waals surface area contributed by atoms with Gasteiger partial charge < -0.3 is 10.6 Å². The molecule has 0 aliphatic carbocycles. The Morgan fingerprint density at radius 2 is 1.86 bits per heavy atom. The van der Waals surface area contributed by atoms with Crippen molar-refractivity contribution in [3.8, 4) is 0 Å². The average Bonchev–Trinajstić information content (AvgIpc) is 2.51. The highest BCUT2D eigenvalue weighted by Crippen LogP contribution is 2.32. The number of rotatable bonds is 7. The summed E-state index contributed by atoms with van der Waals surface area (Å²) in [5, 5.41) is 4.88. The number of hydrogen-bond donors (Lipinski definition) is 2. The highest BCUT2D eigenvalue weighted by atomic mass is 32.2. The summed E-state index contributed by atoms with van der Waals surface area (Å²) >= 11 is 1.64. The van der Waals surface area contributed by atoms with Crippen LogP contribution in [0, 0.1) is 0 Å². The van der Waals surface area contributed by atoms with Gasteiger partial charge in [0.1, 0.15) is 0 Å². The normalized spacial score (nSPS) is 10.1. The van der Waals surface area contributed by atoms with Gasteiger partial charge in [-0.15, -0.1) is 0 Å². The SMILES string of the molecule is C=CC[NH2+]CC(=O)Nc1ccccc1Sc1ccccc1. The van der Waals surface area contributed by atoms with Crippen molar-refractivity contribution in [2.75, 3.05) is 18.4 Å². The lowest BCUT2D eigenvalue weighted by Gasteiger charge is -2.10. The molecular weight excluding hydrogens is 280 g/mol. The number of nitrogens with two attached hydrogens (primary N) is 1. The fourth-order valence-electron chi connectivity index (χ4n) is 1.81. The van der Waals surface area contributed by atoms with Crippen LogP contribution in [0.1, 0.15) is 0 Å². The number of benzene rings is 2. The Labute approximate surface area is 129 Å². The van der Waals surface area contributed by atoms with Gasteiger partial charge in [0.05, 0.1) is 12.2 Å². The molecule has 2 rings (SSSR count). The van der Waals surface area contributed by atoms with Crippen LogP contribution in [0.5, 0.6) is 0 Å². The summed E-state index contributed by atoms with van der Waals surface area (Å²) in [6, 6.07) is 18.0. The Bertz CT molecular complexity index is 599. The van der Waals surface area contributed by atoms with Crippen molar-refractivity contribution in [1.82, 2.24) is 0 Å². The van der Waals surface area contributed by atoms with Crippen LogP contribution >= 0.6 is 11.8 Å². The van der Waals surface area contributed by atoms with Gasteiger partial charge in [0.15, 0.2) is 6.54 Å². The lowest BCUT2D eigenvalue weighted by Crippen LogP contribution is -2.86. The molecule has 0 aliphatic rings. The van der Waals surface area contributed by atoms with E-state index in [0.29, 0.717) is 6.54 Å². The molecule has 0 unspecified atom stereocenters. The van der Waals surface area contributed by atoms with E-state index in [1.54, 1.807) is 17.8 Å².